The molecule has 2 aliphatic rings. The first-order valence-corrected chi connectivity index (χ1v) is 12.5. The summed E-state index contributed by atoms with van der Waals surface area (Å²) in [7, 11) is -3.16. The maximum Gasteiger partial charge on any atom is 0.214 e. The van der Waals surface area contributed by atoms with E-state index in [1.807, 2.05) is 0 Å². The van der Waals surface area contributed by atoms with Crippen LogP contribution >= 0.6 is 0 Å². The van der Waals surface area contributed by atoms with E-state index in [2.05, 4.69) is 34.3 Å². The Morgan fingerprint density at radius 3 is 2.21 bits per heavy atom. The molecule has 3 rings (SSSR count). The van der Waals surface area contributed by atoms with E-state index in [1.165, 1.54) is 32.1 Å². The van der Waals surface area contributed by atoms with Gasteiger partial charge in [-0.05, 0) is 95.4 Å². The molecular weight excluding hydrogens is 372 g/mol. The molecule has 2 saturated carbocycles. The van der Waals surface area contributed by atoms with Gasteiger partial charge in [0.1, 0.15) is 5.75 Å². The average Bonchev–Trinajstić information content (AvgIpc) is 2.69. The quantitative estimate of drug-likeness (QED) is 0.654. The smallest absolute Gasteiger partial charge is 0.214 e. The van der Waals surface area contributed by atoms with Crippen LogP contribution in [0, 0.1) is 5.92 Å². The number of anilines is 1. The molecule has 0 unspecified atom stereocenters. The number of hydrogen-bond acceptors (Lipinski definition) is 4. The minimum absolute atomic E-state index is 0.0971. The molecule has 6 heteroatoms. The van der Waals surface area contributed by atoms with Crippen LogP contribution in [0.2, 0.25) is 0 Å². The van der Waals surface area contributed by atoms with Crippen LogP contribution < -0.4 is 14.8 Å². The molecule has 0 aliphatic heterocycles. The largest absolute Gasteiger partial charge is 0.490 e. The van der Waals surface area contributed by atoms with Crippen LogP contribution in [0.15, 0.2) is 24.3 Å². The SMILES string of the molecule is CC(C)S(=O)(=O)NC1CCC(CNc2ccc(OC3CCCCC3)cc2)CC1. The van der Waals surface area contributed by atoms with Crippen molar-refractivity contribution in [1.29, 1.82) is 0 Å². The Bertz CT molecular complexity index is 689. The molecule has 2 N–H and O–H groups in total. The Balaban J connectivity index is 1.38. The van der Waals surface area contributed by atoms with Gasteiger partial charge in [0, 0.05) is 18.3 Å². The zero-order valence-electron chi connectivity index (χ0n) is 17.3. The first kappa shape index (κ1) is 21.4. The number of nitrogens with one attached hydrogen (secondary N) is 2. The third-order valence-electron chi connectivity index (χ3n) is 6.10. The standard InChI is InChI=1S/C22H36N2O3S/c1-17(2)28(25,26)24-20-10-8-18(9-11-20)16-23-19-12-14-22(15-13-19)27-21-6-4-3-5-7-21/h12-15,17-18,20-21,23-24H,3-11,16H2,1-2H3. The first-order chi connectivity index (χ1) is 13.4. The molecule has 0 heterocycles. The number of hydrogen-bond donors (Lipinski definition) is 2. The highest BCUT2D eigenvalue weighted by molar-refractivity contribution is 7.90. The monoisotopic (exact) mass is 408 g/mol. The van der Waals surface area contributed by atoms with Crippen LogP contribution in [-0.4, -0.2) is 32.4 Å². The Kier molecular flexibility index (Phi) is 7.63. The van der Waals surface area contributed by atoms with E-state index >= 15 is 0 Å². The van der Waals surface area contributed by atoms with Crippen molar-refractivity contribution in [2.75, 3.05) is 11.9 Å². The molecule has 28 heavy (non-hydrogen) atoms. The lowest BCUT2D eigenvalue weighted by atomic mass is 9.86. The second kappa shape index (κ2) is 9.97. The van der Waals surface area contributed by atoms with Crippen molar-refractivity contribution in [3.8, 4) is 5.75 Å². The first-order valence-electron chi connectivity index (χ1n) is 10.9. The predicted molar refractivity (Wildman–Crippen MR) is 115 cm³/mol. The van der Waals surface area contributed by atoms with Crippen molar-refractivity contribution in [2.24, 2.45) is 5.92 Å². The Labute approximate surface area is 170 Å². The van der Waals surface area contributed by atoms with Crippen LogP contribution in [0.25, 0.3) is 0 Å². The van der Waals surface area contributed by atoms with Gasteiger partial charge >= 0.3 is 0 Å². The fourth-order valence-corrected chi connectivity index (χ4v) is 5.11. The van der Waals surface area contributed by atoms with Crippen molar-refractivity contribution in [3.63, 3.8) is 0 Å². The summed E-state index contributed by atoms with van der Waals surface area (Å²) < 4.78 is 33.0. The molecule has 0 spiro atoms. The van der Waals surface area contributed by atoms with Crippen molar-refractivity contribution in [3.05, 3.63) is 24.3 Å². The van der Waals surface area contributed by atoms with Gasteiger partial charge in [0.2, 0.25) is 10.0 Å². The number of rotatable bonds is 8. The third-order valence-corrected chi connectivity index (χ3v) is 8.01. The highest BCUT2D eigenvalue weighted by Gasteiger charge is 2.26. The molecule has 158 valence electrons. The lowest BCUT2D eigenvalue weighted by Crippen LogP contribution is -2.41. The summed E-state index contributed by atoms with van der Waals surface area (Å²) in [4.78, 5) is 0. The lowest BCUT2D eigenvalue weighted by Gasteiger charge is -2.29. The molecule has 0 bridgehead atoms. The van der Waals surface area contributed by atoms with Gasteiger partial charge in [0.15, 0.2) is 0 Å². The molecule has 1 aromatic rings. The molecule has 5 nitrogen and oxygen atoms in total. The van der Waals surface area contributed by atoms with E-state index < -0.39 is 10.0 Å². The molecular formula is C22H36N2O3S. The van der Waals surface area contributed by atoms with Crippen molar-refractivity contribution in [2.45, 2.75) is 89.0 Å². The fraction of sp³-hybridized carbons (Fsp3) is 0.727. The van der Waals surface area contributed by atoms with Crippen molar-refractivity contribution in [1.82, 2.24) is 4.72 Å². The Morgan fingerprint density at radius 2 is 1.61 bits per heavy atom. The van der Waals surface area contributed by atoms with Gasteiger partial charge in [-0.3, -0.25) is 0 Å². The second-order valence-corrected chi connectivity index (χ2v) is 11.0. The summed E-state index contributed by atoms with van der Waals surface area (Å²) in [5.41, 5.74) is 1.12. The van der Waals surface area contributed by atoms with Crippen LogP contribution in [0.1, 0.15) is 71.6 Å². The number of benzene rings is 1. The lowest BCUT2D eigenvalue weighted by molar-refractivity contribution is 0.155. The average molecular weight is 409 g/mol. The van der Waals surface area contributed by atoms with Gasteiger partial charge in [-0.15, -0.1) is 0 Å². The topological polar surface area (TPSA) is 67.4 Å². The number of ether oxygens (including phenoxy) is 1. The highest BCUT2D eigenvalue weighted by atomic mass is 32.2. The van der Waals surface area contributed by atoms with Crippen molar-refractivity contribution < 1.29 is 13.2 Å². The zero-order chi connectivity index (χ0) is 20.0. The third kappa shape index (κ3) is 6.38. The van der Waals surface area contributed by atoms with E-state index in [0.717, 1.165) is 43.7 Å². The Hall–Kier alpha value is -1.27. The molecule has 0 amide bonds. The molecule has 0 saturated heterocycles. The van der Waals surface area contributed by atoms with Gasteiger partial charge in [-0.25, -0.2) is 13.1 Å². The molecule has 0 radical (unpaired) electrons. The minimum Gasteiger partial charge on any atom is -0.490 e. The maximum absolute atomic E-state index is 12.0. The van der Waals surface area contributed by atoms with Crippen LogP contribution in [0.5, 0.6) is 5.75 Å². The van der Waals surface area contributed by atoms with E-state index in [4.69, 9.17) is 4.74 Å². The summed E-state index contributed by atoms with van der Waals surface area (Å²) in [6.45, 7) is 4.39. The normalized spacial score (nSPS) is 24.2. The zero-order valence-corrected chi connectivity index (χ0v) is 18.1. The van der Waals surface area contributed by atoms with Gasteiger partial charge < -0.3 is 10.1 Å². The molecule has 2 aliphatic carbocycles. The summed E-state index contributed by atoms with van der Waals surface area (Å²) in [6.07, 6.45) is 10.6. The van der Waals surface area contributed by atoms with Gasteiger partial charge in [-0.1, -0.05) is 6.42 Å². The van der Waals surface area contributed by atoms with Crippen LogP contribution in [0.3, 0.4) is 0 Å². The van der Waals surface area contributed by atoms with Gasteiger partial charge in [0.25, 0.3) is 0 Å². The van der Waals surface area contributed by atoms with Gasteiger partial charge in [-0.2, -0.15) is 0 Å². The van der Waals surface area contributed by atoms with E-state index in [0.29, 0.717) is 12.0 Å². The van der Waals surface area contributed by atoms with Crippen LogP contribution in [-0.2, 0) is 10.0 Å². The fourth-order valence-electron chi connectivity index (χ4n) is 4.14. The molecule has 1 aromatic carbocycles. The summed E-state index contributed by atoms with van der Waals surface area (Å²) >= 11 is 0. The maximum atomic E-state index is 12.0. The highest BCUT2D eigenvalue weighted by Crippen LogP contribution is 2.27. The molecule has 0 atom stereocenters. The minimum atomic E-state index is -3.16. The van der Waals surface area contributed by atoms with E-state index in [-0.39, 0.29) is 11.3 Å². The molecule has 2 fully saturated rings. The summed E-state index contributed by atoms with van der Waals surface area (Å²) in [6, 6.07) is 8.42. The van der Waals surface area contributed by atoms with Gasteiger partial charge in [0.05, 0.1) is 11.4 Å². The Morgan fingerprint density at radius 1 is 0.964 bits per heavy atom. The van der Waals surface area contributed by atoms with E-state index in [9.17, 15) is 8.42 Å². The predicted octanol–water partition coefficient (Wildman–Crippen LogP) is 4.70. The summed E-state index contributed by atoms with van der Waals surface area (Å²) in [5.74, 6) is 1.56. The van der Waals surface area contributed by atoms with Crippen molar-refractivity contribution >= 4 is 15.7 Å². The number of sulfonamides is 1. The molecule has 0 aromatic heterocycles. The summed E-state index contributed by atoms with van der Waals surface area (Å²) in [5, 5.41) is 3.17. The van der Waals surface area contributed by atoms with Crippen LogP contribution in [0.4, 0.5) is 5.69 Å². The van der Waals surface area contributed by atoms with E-state index in [1.54, 1.807) is 13.8 Å². The second-order valence-electron chi connectivity index (χ2n) is 8.71.